The number of para-hydroxylation sites is 1. The number of carbonyl (C=O) groups is 1. The van der Waals surface area contributed by atoms with E-state index in [9.17, 15) is 4.79 Å². The molecule has 0 bridgehead atoms. The first-order chi connectivity index (χ1) is 6.38. The molecule has 0 atom stereocenters. The Kier molecular flexibility index (Phi) is 3.96. The monoisotopic (exact) mass is 211 g/mol. The fourth-order valence-corrected chi connectivity index (χ4v) is 1.69. The highest BCUT2D eigenvalue weighted by atomic mass is 35.5. The summed E-state index contributed by atoms with van der Waals surface area (Å²) in [5.41, 5.74) is 1.03. The Morgan fingerprint density at radius 1 is 1.07 bits per heavy atom. The number of hydrogen-bond acceptors (Lipinski definition) is 1. The van der Waals surface area contributed by atoms with Crippen molar-refractivity contribution in [1.82, 2.24) is 0 Å². The van der Waals surface area contributed by atoms with E-state index in [2.05, 4.69) is 0 Å². The largest absolute Gasteiger partial charge is 0.312 e. The molecule has 1 aromatic carbocycles. The summed E-state index contributed by atoms with van der Waals surface area (Å²) in [5, 5.41) is 0. The van der Waals surface area contributed by atoms with Crippen LogP contribution in [0.4, 0.5) is 5.69 Å². The second-order valence-electron chi connectivity index (χ2n) is 3.34. The van der Waals surface area contributed by atoms with E-state index in [4.69, 9.17) is 0 Å². The maximum atomic E-state index is 11.5. The molecule has 1 saturated heterocycles. The highest BCUT2D eigenvalue weighted by molar-refractivity contribution is 5.93. The van der Waals surface area contributed by atoms with Gasteiger partial charge in [-0.05, 0) is 25.0 Å². The zero-order chi connectivity index (χ0) is 9.10. The van der Waals surface area contributed by atoms with Crippen molar-refractivity contribution in [3.63, 3.8) is 0 Å². The highest BCUT2D eigenvalue weighted by Crippen LogP contribution is 2.19. The average Bonchev–Trinajstić information content (AvgIpc) is 2.20. The Morgan fingerprint density at radius 2 is 1.79 bits per heavy atom. The van der Waals surface area contributed by atoms with E-state index >= 15 is 0 Å². The molecule has 3 heteroatoms. The molecule has 0 aliphatic carbocycles. The van der Waals surface area contributed by atoms with Crippen LogP contribution in [0.2, 0.25) is 0 Å². The van der Waals surface area contributed by atoms with Crippen molar-refractivity contribution in [2.24, 2.45) is 0 Å². The van der Waals surface area contributed by atoms with E-state index in [0.717, 1.165) is 25.1 Å². The van der Waals surface area contributed by atoms with Crippen LogP contribution in [-0.4, -0.2) is 12.5 Å². The third-order valence-electron chi connectivity index (χ3n) is 2.39. The quantitative estimate of drug-likeness (QED) is 0.700. The molecule has 1 amide bonds. The lowest BCUT2D eigenvalue weighted by molar-refractivity contribution is -0.119. The molecule has 14 heavy (non-hydrogen) atoms. The second kappa shape index (κ2) is 5.01. The summed E-state index contributed by atoms with van der Waals surface area (Å²) >= 11 is 0. The Bertz CT molecular complexity index is 299. The third kappa shape index (κ3) is 2.26. The minimum Gasteiger partial charge on any atom is -0.312 e. The van der Waals surface area contributed by atoms with Crippen LogP contribution >= 0.6 is 12.4 Å². The maximum absolute atomic E-state index is 11.5. The number of anilines is 1. The van der Waals surface area contributed by atoms with Crippen LogP contribution in [0.3, 0.4) is 0 Å². The second-order valence-corrected chi connectivity index (χ2v) is 3.34. The maximum Gasteiger partial charge on any atom is 0.226 e. The number of benzene rings is 1. The van der Waals surface area contributed by atoms with Gasteiger partial charge in [0.2, 0.25) is 5.91 Å². The number of amides is 1. The van der Waals surface area contributed by atoms with Crippen LogP contribution in [0, 0.1) is 0 Å². The smallest absolute Gasteiger partial charge is 0.226 e. The van der Waals surface area contributed by atoms with Crippen LogP contribution in [0.5, 0.6) is 0 Å². The lowest BCUT2D eigenvalue weighted by Crippen LogP contribution is -2.35. The van der Waals surface area contributed by atoms with Gasteiger partial charge in [0.25, 0.3) is 0 Å². The molecule has 1 fully saturated rings. The van der Waals surface area contributed by atoms with Crippen molar-refractivity contribution in [2.75, 3.05) is 11.4 Å². The van der Waals surface area contributed by atoms with Crippen molar-refractivity contribution >= 4 is 24.0 Å². The molecule has 0 N–H and O–H groups in total. The molecular formula is C11H14ClNO. The van der Waals surface area contributed by atoms with Gasteiger partial charge in [-0.25, -0.2) is 0 Å². The van der Waals surface area contributed by atoms with Gasteiger partial charge in [-0.1, -0.05) is 18.2 Å². The molecule has 0 spiro atoms. The van der Waals surface area contributed by atoms with Gasteiger partial charge in [-0.3, -0.25) is 4.79 Å². The first-order valence-electron chi connectivity index (χ1n) is 4.73. The molecular weight excluding hydrogens is 198 g/mol. The van der Waals surface area contributed by atoms with Crippen molar-refractivity contribution in [3.8, 4) is 0 Å². The minimum absolute atomic E-state index is 0. The van der Waals surface area contributed by atoms with E-state index in [1.807, 2.05) is 35.2 Å². The first kappa shape index (κ1) is 11.1. The van der Waals surface area contributed by atoms with Crippen molar-refractivity contribution in [1.29, 1.82) is 0 Å². The van der Waals surface area contributed by atoms with Gasteiger partial charge in [-0.15, -0.1) is 12.4 Å². The zero-order valence-electron chi connectivity index (χ0n) is 7.98. The minimum atomic E-state index is 0. The molecule has 0 saturated carbocycles. The number of carbonyl (C=O) groups excluding carboxylic acids is 1. The Morgan fingerprint density at radius 3 is 2.43 bits per heavy atom. The fraction of sp³-hybridized carbons (Fsp3) is 0.364. The molecule has 2 nitrogen and oxygen atoms in total. The van der Waals surface area contributed by atoms with Crippen molar-refractivity contribution in [2.45, 2.75) is 19.3 Å². The summed E-state index contributed by atoms with van der Waals surface area (Å²) in [6.07, 6.45) is 2.87. The lowest BCUT2D eigenvalue weighted by atomic mass is 10.1. The number of nitrogens with zero attached hydrogens (tertiary/aromatic N) is 1. The highest BCUT2D eigenvalue weighted by Gasteiger charge is 2.18. The van der Waals surface area contributed by atoms with E-state index in [0.29, 0.717) is 6.42 Å². The van der Waals surface area contributed by atoms with E-state index in [-0.39, 0.29) is 18.3 Å². The molecule has 0 radical (unpaired) electrons. The van der Waals surface area contributed by atoms with Gasteiger partial charge >= 0.3 is 0 Å². The summed E-state index contributed by atoms with van der Waals surface area (Å²) in [6.45, 7) is 0.878. The SMILES string of the molecule is Cl.O=C1CCCCN1c1ccccc1. The fourth-order valence-electron chi connectivity index (χ4n) is 1.69. The number of hydrogen-bond donors (Lipinski definition) is 0. The summed E-state index contributed by atoms with van der Waals surface area (Å²) in [4.78, 5) is 13.4. The first-order valence-corrected chi connectivity index (χ1v) is 4.73. The van der Waals surface area contributed by atoms with E-state index in [1.165, 1.54) is 0 Å². The summed E-state index contributed by atoms with van der Waals surface area (Å²) in [5.74, 6) is 0.262. The summed E-state index contributed by atoms with van der Waals surface area (Å²) in [6, 6.07) is 9.89. The molecule has 2 rings (SSSR count). The van der Waals surface area contributed by atoms with Crippen LogP contribution in [0.25, 0.3) is 0 Å². The van der Waals surface area contributed by atoms with Gasteiger partial charge in [-0.2, -0.15) is 0 Å². The van der Waals surface area contributed by atoms with Crippen molar-refractivity contribution in [3.05, 3.63) is 30.3 Å². The molecule has 76 valence electrons. The van der Waals surface area contributed by atoms with Gasteiger partial charge < -0.3 is 4.90 Å². The van der Waals surface area contributed by atoms with Crippen LogP contribution in [0.1, 0.15) is 19.3 Å². The molecule has 1 heterocycles. The summed E-state index contributed by atoms with van der Waals surface area (Å²) < 4.78 is 0. The van der Waals surface area contributed by atoms with Crippen LogP contribution < -0.4 is 4.90 Å². The normalized spacial score (nSPS) is 16.3. The molecule has 1 aliphatic heterocycles. The molecule has 1 aromatic rings. The Hall–Kier alpha value is -1.02. The predicted molar refractivity (Wildman–Crippen MR) is 59.9 cm³/mol. The number of rotatable bonds is 1. The van der Waals surface area contributed by atoms with Gasteiger partial charge in [0.1, 0.15) is 0 Å². The third-order valence-corrected chi connectivity index (χ3v) is 2.39. The molecule has 1 aliphatic rings. The average molecular weight is 212 g/mol. The predicted octanol–water partition coefficient (Wildman–Crippen LogP) is 2.63. The Labute approximate surface area is 90.3 Å². The molecule has 0 unspecified atom stereocenters. The van der Waals surface area contributed by atoms with Gasteiger partial charge in [0.05, 0.1) is 0 Å². The van der Waals surface area contributed by atoms with E-state index < -0.39 is 0 Å². The molecule has 0 aromatic heterocycles. The lowest BCUT2D eigenvalue weighted by Gasteiger charge is -2.26. The van der Waals surface area contributed by atoms with Crippen molar-refractivity contribution < 1.29 is 4.79 Å². The number of halogens is 1. The van der Waals surface area contributed by atoms with Crippen LogP contribution in [-0.2, 0) is 4.79 Å². The van der Waals surface area contributed by atoms with Gasteiger partial charge in [0, 0.05) is 18.7 Å². The zero-order valence-corrected chi connectivity index (χ0v) is 8.80. The van der Waals surface area contributed by atoms with E-state index in [1.54, 1.807) is 0 Å². The topological polar surface area (TPSA) is 20.3 Å². The number of piperidine rings is 1. The standard InChI is InChI=1S/C11H13NO.ClH/c13-11-8-4-5-9-12(11)10-6-2-1-3-7-10;/h1-3,6-7H,4-5,8-9H2;1H. The van der Waals surface area contributed by atoms with Crippen LogP contribution in [0.15, 0.2) is 30.3 Å². The Balaban J connectivity index is 0.000000980. The summed E-state index contributed by atoms with van der Waals surface area (Å²) in [7, 11) is 0. The van der Waals surface area contributed by atoms with Gasteiger partial charge in [0.15, 0.2) is 0 Å².